The number of fused-ring (bicyclic) bond motifs is 20. The van der Waals surface area contributed by atoms with E-state index < -0.39 is 34.6 Å². The number of anilines is 6. The molecule has 2 unspecified atom stereocenters. The summed E-state index contributed by atoms with van der Waals surface area (Å²) < 4.78 is 12.6. The van der Waals surface area contributed by atoms with Gasteiger partial charge in [-0.2, -0.15) is 0 Å². The highest BCUT2D eigenvalue weighted by Gasteiger charge is 2.55. The lowest BCUT2D eigenvalue weighted by Crippen LogP contribution is -2.93. The Morgan fingerprint density at radius 2 is 0.589 bits per heavy atom. The van der Waals surface area contributed by atoms with Crippen LogP contribution in [0.1, 0.15) is 76.4 Å². The van der Waals surface area contributed by atoms with Gasteiger partial charge in [-0.05, 0) is 169 Å². The van der Waals surface area contributed by atoms with Gasteiger partial charge in [-0.15, -0.1) is 0 Å². The Labute approximate surface area is 705 Å². The second-order valence-electron chi connectivity index (χ2n) is 33.4. The summed E-state index contributed by atoms with van der Waals surface area (Å²) in [5, 5.41) is 63.7. The van der Waals surface area contributed by atoms with E-state index in [0.29, 0.717) is 43.7 Å². The van der Waals surface area contributed by atoms with Crippen LogP contribution in [0.2, 0.25) is 0 Å². The number of esters is 2. The van der Waals surface area contributed by atoms with Gasteiger partial charge in [0.1, 0.15) is 11.5 Å². The summed E-state index contributed by atoms with van der Waals surface area (Å²) in [5.74, 6) is -2.32. The first-order chi connectivity index (χ1) is 60.8. The Hall–Kier alpha value is -16.7. The molecule has 0 aromatic heterocycles. The average Bonchev–Trinajstić information content (AvgIpc) is 1.39. The molecule has 582 valence electrons. The average molecular weight is 1600 g/mol. The first-order valence-electron chi connectivity index (χ1n) is 41.4. The van der Waals surface area contributed by atoms with E-state index in [0.717, 1.165) is 155 Å². The Morgan fingerprint density at radius 3 is 0.992 bits per heavy atom. The van der Waals surface area contributed by atoms with Crippen LogP contribution in [0.15, 0.2) is 339 Å². The Kier molecular flexibility index (Phi) is 13.2. The second-order valence-corrected chi connectivity index (χ2v) is 33.4. The van der Waals surface area contributed by atoms with Gasteiger partial charge in [0.05, 0.1) is 77.3 Å². The number of nitrogens with one attached hydrogen (secondary N) is 8. The van der Waals surface area contributed by atoms with Gasteiger partial charge >= 0.3 is 11.9 Å². The predicted molar refractivity (Wildman–Crippen MR) is 474 cm³/mol. The molecule has 4 heterocycles. The van der Waals surface area contributed by atoms with Crippen LogP contribution >= 0.6 is 0 Å². The van der Waals surface area contributed by atoms with Crippen molar-refractivity contribution < 1.29 is 48.8 Å². The van der Waals surface area contributed by atoms with E-state index in [1.165, 1.54) is 24.3 Å². The topological polar surface area (TPSA) is 233 Å². The summed E-state index contributed by atoms with van der Waals surface area (Å²) in [6.45, 7) is 0. The number of hydrogen-bond donors (Lipinski definition) is 8. The van der Waals surface area contributed by atoms with E-state index in [1.807, 2.05) is 231 Å². The van der Waals surface area contributed by atoms with Crippen molar-refractivity contribution >= 4 is 123 Å². The van der Waals surface area contributed by atoms with Gasteiger partial charge in [-0.3, -0.25) is 9.59 Å². The van der Waals surface area contributed by atoms with Gasteiger partial charge in [-0.1, -0.05) is 236 Å². The molecule has 0 saturated carbocycles. The molecule has 0 amide bonds. The summed E-state index contributed by atoms with van der Waals surface area (Å²) in [6.07, 6.45) is 0. The van der Waals surface area contributed by atoms with Crippen molar-refractivity contribution in [3.05, 3.63) is 427 Å². The number of hydrogen-bond acceptors (Lipinski definition) is 14. The lowest BCUT2D eigenvalue weighted by atomic mass is 9.79. The van der Waals surface area contributed by atoms with Crippen LogP contribution in [0.5, 0.6) is 11.5 Å². The minimum Gasteiger partial charge on any atom is -0.871 e. The Morgan fingerprint density at radius 1 is 0.274 bits per heavy atom. The molecule has 16 nitrogen and oxygen atoms in total. The minimum absolute atomic E-state index is 0.0744. The van der Waals surface area contributed by atoms with Crippen LogP contribution in [0.25, 0.3) is 110 Å². The van der Waals surface area contributed by atoms with Crippen molar-refractivity contribution in [1.29, 1.82) is 0 Å². The van der Waals surface area contributed by atoms with E-state index >= 15 is 19.8 Å². The van der Waals surface area contributed by atoms with Crippen LogP contribution in [0.3, 0.4) is 0 Å². The first-order valence-corrected chi connectivity index (χ1v) is 41.4. The Bertz CT molecular complexity index is 8330. The summed E-state index contributed by atoms with van der Waals surface area (Å²) in [5.41, 5.74) is 17.4. The van der Waals surface area contributed by atoms with E-state index in [-0.39, 0.29) is 68.0 Å². The van der Waals surface area contributed by atoms with Gasteiger partial charge < -0.3 is 51.6 Å². The van der Waals surface area contributed by atoms with E-state index in [1.54, 1.807) is 12.1 Å². The summed E-state index contributed by atoms with van der Waals surface area (Å²) in [7, 11) is 0. The fourth-order valence-corrected chi connectivity index (χ4v) is 22.0. The van der Waals surface area contributed by atoms with Crippen LogP contribution in [0.4, 0.5) is 34.1 Å². The number of rotatable bonds is 6. The van der Waals surface area contributed by atoms with Crippen LogP contribution in [-0.4, -0.2) is 23.5 Å². The van der Waals surface area contributed by atoms with Crippen molar-refractivity contribution in [1.82, 2.24) is 0 Å². The van der Waals surface area contributed by atoms with Crippen LogP contribution in [0, 0.1) is 0 Å². The smallest absolute Gasteiger partial charge is 0.343 e. The molecule has 16 heteroatoms. The fourth-order valence-electron chi connectivity index (χ4n) is 22.0. The maximum Gasteiger partial charge on any atom is 0.343 e. The molecule has 27 rings (SSSR count). The highest BCUT2D eigenvalue weighted by atomic mass is 16.5. The van der Waals surface area contributed by atoms with E-state index in [2.05, 4.69) is 103 Å². The molecule has 2 atom stereocenters. The molecule has 4 aliphatic heterocycles. The second kappa shape index (κ2) is 24.1. The zero-order valence-corrected chi connectivity index (χ0v) is 65.4. The molecule has 17 aromatic rings. The third-order valence-electron chi connectivity index (χ3n) is 27.3. The molecule has 124 heavy (non-hydrogen) atoms. The zero-order chi connectivity index (χ0) is 82.1. The van der Waals surface area contributed by atoms with Crippen molar-refractivity contribution in [2.24, 2.45) is 0 Å². The number of ether oxygens (including phenoxy) is 2. The van der Waals surface area contributed by atoms with Crippen molar-refractivity contribution in [3.63, 3.8) is 0 Å². The SMILES string of the molecule is O=C1C(c2ccc3cccc4c3c2NC2(N4)c3ccccc3-c3ccc(OC(=O)c4ccc(C(=O)Oc5ccc6c(c5)C5(Nc7cccc8cc/c(=C9\C(=O)C(c%10ccc%11cccc%12c%11c%10NC%10(N%12)c%11ccccc%11-c%11ccccc%11%10)=C9[O-])c(c78)=[NH+]5)c5ccccc5-6)cc4)cc32)=C([O-])/C1=c1/ccc2cccc3c2c1=[NH+]C1(N3)c2ccccc2-c2ccccc21. The fraction of sp³-hybridized carbons (Fsp3) is 0.0370. The maximum absolute atomic E-state index is 15.5. The molecule has 0 saturated heterocycles. The van der Waals surface area contributed by atoms with Gasteiger partial charge in [0.15, 0.2) is 22.9 Å². The van der Waals surface area contributed by atoms with Crippen molar-refractivity contribution in [2.75, 3.05) is 31.9 Å². The van der Waals surface area contributed by atoms with Crippen LogP contribution < -0.4 is 82.7 Å². The quantitative estimate of drug-likeness (QED) is 0.0572. The maximum atomic E-state index is 15.5. The van der Waals surface area contributed by atoms with E-state index in [4.69, 9.17) is 9.47 Å². The summed E-state index contributed by atoms with van der Waals surface area (Å²) >= 11 is 0. The monoisotopic (exact) mass is 1600 g/mol. The number of ketones is 2. The summed E-state index contributed by atoms with van der Waals surface area (Å²) in [4.78, 5) is 67.9. The normalized spacial score (nSPS) is 18.7. The molecule has 17 aromatic carbocycles. The molecule has 0 fully saturated rings. The molecular formula is C108H62N8O8. The van der Waals surface area contributed by atoms with Crippen molar-refractivity contribution in [3.8, 4) is 56.0 Å². The van der Waals surface area contributed by atoms with Crippen LogP contribution in [-0.2, 0) is 32.2 Å². The molecule has 8 N–H and O–H groups in total. The third kappa shape index (κ3) is 8.77. The minimum atomic E-state index is -1.21. The predicted octanol–water partition coefficient (Wildman–Crippen LogP) is 13.2. The van der Waals surface area contributed by atoms with Crippen molar-refractivity contribution in [2.45, 2.75) is 22.7 Å². The molecule has 4 spiro atoms. The Balaban J connectivity index is 0.499. The molecular weight excluding hydrogens is 1540 g/mol. The number of Topliss-reactive ketones (excluding diaryl/α,β-unsaturated/α-hetero) is 2. The molecule has 0 radical (unpaired) electrons. The zero-order valence-electron chi connectivity index (χ0n) is 65.4. The summed E-state index contributed by atoms with van der Waals surface area (Å²) in [6, 6.07) is 106. The van der Waals surface area contributed by atoms with Gasteiger partial charge in [0, 0.05) is 77.8 Å². The molecule has 6 aliphatic carbocycles. The van der Waals surface area contributed by atoms with E-state index in [9.17, 15) is 9.59 Å². The lowest BCUT2D eigenvalue weighted by molar-refractivity contribution is -0.579. The molecule has 0 bridgehead atoms. The van der Waals surface area contributed by atoms with Gasteiger partial charge in [0.2, 0.25) is 10.7 Å². The number of carbonyl (C=O) groups is 4. The largest absolute Gasteiger partial charge is 0.871 e. The number of allylic oxidation sites excluding steroid dienone is 4. The molecule has 10 aliphatic rings. The highest BCUT2D eigenvalue weighted by Crippen LogP contribution is 2.59. The van der Waals surface area contributed by atoms with Gasteiger partial charge in [-0.25, -0.2) is 19.6 Å². The first kappa shape index (κ1) is 68.2. The highest BCUT2D eigenvalue weighted by molar-refractivity contribution is 6.53. The lowest BCUT2D eigenvalue weighted by Gasteiger charge is -2.42. The number of carbonyl (C=O) groups excluding carboxylic acids is 4. The standard InChI is InChI=1S/C108H62N8O8/c117-99-91(71-47-41-55-17-13-33-83-87(55)95(71)113-105(109-83)75-27-7-1-21-63(75)64-22-2-8-28-76(64)105)100(118)93(99)73-49-43-57-19-15-35-85-89(57)97(73)115-107(111-85)79-31-11-5-25-67(79)69-51-45-61(53-81(69)107)123-103(121)59-37-39-60(40-38-59)104(122)124-62-46-52-70-68-26-6-12-32-80(68)108(82(70)54-62)112-86-36-16-20-58-44-50-74(98(116-108)90(58)86)94-101(119)92(102(94)120)72-48-42-56-18-14-34-84-88(56)96(72)114-106(110-84)77-29-9-3-23-65(77)66-24-4-10-30-78(66)106/h1-54,109-113,116-117,119H/b92-72+,93-73+. The third-order valence-corrected chi connectivity index (χ3v) is 27.3. The van der Waals surface area contributed by atoms with Gasteiger partial charge in [0.25, 0.3) is 11.3 Å². The number of benzene rings is 17.